The van der Waals surface area contributed by atoms with Crippen LogP contribution in [-0.2, 0) is 16.0 Å². The Bertz CT molecular complexity index is 1250. The molecule has 0 aliphatic heterocycles. The van der Waals surface area contributed by atoms with E-state index < -0.39 is 49.0 Å². The Balaban J connectivity index is 2.07. The second kappa shape index (κ2) is 15.4. The molecular weight excluding hydrogens is 601 g/mol. The molecule has 246 valence electrons. The highest BCUT2D eigenvalue weighted by Gasteiger charge is 2.72. The lowest BCUT2D eigenvalue weighted by molar-refractivity contribution is -0.355. The van der Waals surface area contributed by atoms with E-state index in [0.29, 0.717) is 17.0 Å². The number of nitrogens with one attached hydrogen (secondary N) is 1. The second-order valence-corrected chi connectivity index (χ2v) is 10.4. The quantitative estimate of drug-likeness (QED) is 0.146. The fourth-order valence-corrected chi connectivity index (χ4v) is 4.25. The molecule has 2 aromatic carbocycles. The summed E-state index contributed by atoms with van der Waals surface area (Å²) in [6.45, 7) is 7.06. The van der Waals surface area contributed by atoms with Gasteiger partial charge < -0.3 is 24.8 Å². The summed E-state index contributed by atoms with van der Waals surface area (Å²) in [4.78, 5) is 25.6. The van der Waals surface area contributed by atoms with E-state index in [9.17, 15) is 45.4 Å². The molecule has 0 aromatic heterocycles. The first-order chi connectivity index (χ1) is 20.4. The van der Waals surface area contributed by atoms with Gasteiger partial charge in [0.2, 0.25) is 0 Å². The molecule has 2 amide bonds. The molecule has 7 nitrogen and oxygen atoms in total. The molecule has 0 aliphatic rings. The topological polar surface area (TPSA) is 88.1 Å². The number of nitrogens with zero attached hydrogens (tertiary/aromatic N) is 1. The fourth-order valence-electron chi connectivity index (χ4n) is 4.25. The Hall–Kier alpha value is -3.55. The number of carbonyl (C=O) groups is 2. The van der Waals surface area contributed by atoms with Crippen LogP contribution in [0, 0.1) is 20.8 Å². The highest BCUT2D eigenvalue weighted by atomic mass is 19.4. The summed E-state index contributed by atoms with van der Waals surface area (Å²) in [5, 5.41) is 12.0. The number of carboxylic acids is 1. The van der Waals surface area contributed by atoms with Gasteiger partial charge in [-0.15, -0.1) is 0 Å². The maximum absolute atomic E-state index is 13.7. The van der Waals surface area contributed by atoms with Crippen LogP contribution in [0.25, 0.3) is 0 Å². The number of rotatable bonds is 16. The summed E-state index contributed by atoms with van der Waals surface area (Å²) in [5.74, 6) is -12.2. The van der Waals surface area contributed by atoms with Gasteiger partial charge in [0, 0.05) is 31.7 Å². The first kappa shape index (κ1) is 36.6. The van der Waals surface area contributed by atoms with Crippen molar-refractivity contribution >= 4 is 17.7 Å². The zero-order valence-electron chi connectivity index (χ0n) is 24.9. The first-order valence-electron chi connectivity index (χ1n) is 13.9. The summed E-state index contributed by atoms with van der Waals surface area (Å²) in [6.07, 6.45) is -9.99. The maximum Gasteiger partial charge on any atom is 0.459 e. The van der Waals surface area contributed by atoms with Crippen LogP contribution in [0.15, 0.2) is 36.4 Å². The molecule has 2 N–H and O–H groups in total. The average molecular weight is 639 g/mol. The van der Waals surface area contributed by atoms with Gasteiger partial charge in [0.05, 0.1) is 6.54 Å². The number of aliphatic carboxylic acids is 1. The number of carboxylic acid groups (broad SMARTS) is 1. The monoisotopic (exact) mass is 638 g/mol. The average Bonchev–Trinajstić information content (AvgIpc) is 2.92. The molecule has 0 aliphatic carbocycles. The van der Waals surface area contributed by atoms with E-state index in [1.54, 1.807) is 44.2 Å². The number of unbranched alkanes of at least 4 members (excludes halogenated alkanes) is 1. The van der Waals surface area contributed by atoms with E-state index in [4.69, 9.17) is 9.47 Å². The lowest BCUT2D eigenvalue weighted by Crippen LogP contribution is -2.51. The molecular formula is C30H37F7N2O5. The highest BCUT2D eigenvalue weighted by Crippen LogP contribution is 2.48. The molecule has 1 unspecified atom stereocenters. The van der Waals surface area contributed by atoms with Crippen LogP contribution in [0.5, 0.6) is 5.75 Å². The summed E-state index contributed by atoms with van der Waals surface area (Å²) in [7, 11) is 0. The number of hydrogen-bond acceptors (Lipinski definition) is 4. The number of aryl methyl sites for hydroxylation is 3. The number of ether oxygens (including phenoxy) is 2. The molecule has 0 saturated heterocycles. The number of amides is 2. The zero-order valence-corrected chi connectivity index (χ0v) is 24.9. The highest BCUT2D eigenvalue weighted by molar-refractivity contribution is 5.90. The fraction of sp³-hybridized carbons (Fsp3) is 0.533. The van der Waals surface area contributed by atoms with Crippen molar-refractivity contribution < 1.29 is 54.9 Å². The molecule has 0 bridgehead atoms. The van der Waals surface area contributed by atoms with E-state index in [1.807, 2.05) is 19.9 Å². The van der Waals surface area contributed by atoms with Crippen LogP contribution in [-0.4, -0.2) is 72.4 Å². The third kappa shape index (κ3) is 10.00. The van der Waals surface area contributed by atoms with E-state index in [1.165, 1.54) is 4.90 Å². The van der Waals surface area contributed by atoms with Crippen molar-refractivity contribution in [2.75, 3.05) is 31.6 Å². The first-order valence-corrected chi connectivity index (χ1v) is 13.9. The van der Waals surface area contributed by atoms with Crippen molar-refractivity contribution in [3.63, 3.8) is 0 Å². The molecule has 2 aromatic rings. The molecule has 44 heavy (non-hydrogen) atoms. The van der Waals surface area contributed by atoms with Crippen molar-refractivity contribution in [2.24, 2.45) is 0 Å². The Morgan fingerprint density at radius 2 is 1.52 bits per heavy atom. The third-order valence-corrected chi connectivity index (χ3v) is 6.97. The predicted molar refractivity (Wildman–Crippen MR) is 150 cm³/mol. The summed E-state index contributed by atoms with van der Waals surface area (Å²) < 4.78 is 102. The van der Waals surface area contributed by atoms with Crippen molar-refractivity contribution in [2.45, 2.75) is 77.5 Å². The minimum absolute atomic E-state index is 0.0714. The summed E-state index contributed by atoms with van der Waals surface area (Å²) >= 11 is 0. The van der Waals surface area contributed by atoms with Crippen molar-refractivity contribution in [1.82, 2.24) is 4.90 Å². The van der Waals surface area contributed by atoms with E-state index in [2.05, 4.69) is 5.32 Å². The normalized spacial score (nSPS) is 13.0. The molecule has 0 radical (unpaired) electrons. The Morgan fingerprint density at radius 1 is 0.909 bits per heavy atom. The summed E-state index contributed by atoms with van der Waals surface area (Å²) in [5.41, 5.74) is 3.80. The Kier molecular flexibility index (Phi) is 12.9. The molecule has 2 rings (SSSR count). The number of hydrogen-bond donors (Lipinski definition) is 2. The zero-order chi connectivity index (χ0) is 33.3. The van der Waals surface area contributed by atoms with Gasteiger partial charge in [-0.3, -0.25) is 0 Å². The minimum atomic E-state index is -6.40. The number of benzene rings is 2. The minimum Gasteiger partial charge on any atom is -0.492 e. The van der Waals surface area contributed by atoms with Crippen LogP contribution >= 0.6 is 0 Å². The molecule has 0 spiro atoms. The van der Waals surface area contributed by atoms with Crippen LogP contribution in [0.3, 0.4) is 0 Å². The van der Waals surface area contributed by atoms with E-state index in [0.717, 1.165) is 16.7 Å². The molecule has 0 heterocycles. The van der Waals surface area contributed by atoms with Crippen molar-refractivity contribution in [1.29, 1.82) is 0 Å². The Labute approximate surface area is 251 Å². The largest absolute Gasteiger partial charge is 0.492 e. The lowest BCUT2D eigenvalue weighted by Gasteiger charge is -2.28. The van der Waals surface area contributed by atoms with Crippen molar-refractivity contribution in [3.8, 4) is 5.75 Å². The lowest BCUT2D eigenvalue weighted by atomic mass is 10.0. The SMILES string of the molecule is CCOC(Cc1ccc(OCCN(CCCCC(F)(F)C(F)(F)C(F)(F)F)C(=O)Nc2cc(C)c(C)cc2C)cc1)C(=O)O. The molecule has 1 atom stereocenters. The summed E-state index contributed by atoms with van der Waals surface area (Å²) in [6, 6.07) is 9.44. The number of urea groups is 1. The van der Waals surface area contributed by atoms with Gasteiger partial charge in [-0.1, -0.05) is 18.2 Å². The van der Waals surface area contributed by atoms with Gasteiger partial charge >= 0.3 is 30.0 Å². The second-order valence-electron chi connectivity index (χ2n) is 10.4. The van der Waals surface area contributed by atoms with Crippen LogP contribution in [0.2, 0.25) is 0 Å². The maximum atomic E-state index is 13.7. The van der Waals surface area contributed by atoms with E-state index >= 15 is 0 Å². The molecule has 0 fully saturated rings. The molecule has 14 heteroatoms. The van der Waals surface area contributed by atoms with Gasteiger partial charge in [0.25, 0.3) is 0 Å². The number of alkyl halides is 7. The Morgan fingerprint density at radius 3 is 2.09 bits per heavy atom. The molecule has 0 saturated carbocycles. The van der Waals surface area contributed by atoms with Crippen molar-refractivity contribution in [3.05, 3.63) is 58.7 Å². The number of anilines is 1. The van der Waals surface area contributed by atoms with Gasteiger partial charge in [-0.05, 0) is 81.0 Å². The third-order valence-electron chi connectivity index (χ3n) is 6.97. The van der Waals surface area contributed by atoms with Gasteiger partial charge in [0.15, 0.2) is 6.10 Å². The smallest absolute Gasteiger partial charge is 0.459 e. The number of halogens is 7. The van der Waals surface area contributed by atoms with Crippen LogP contribution in [0.1, 0.15) is 48.4 Å². The van der Waals surface area contributed by atoms with Crippen LogP contribution < -0.4 is 10.1 Å². The van der Waals surface area contributed by atoms with E-state index in [-0.39, 0.29) is 39.1 Å². The van der Waals surface area contributed by atoms with Gasteiger partial charge in [-0.25, -0.2) is 9.59 Å². The standard InChI is InChI=1S/C30H37F7N2O5/c1-5-43-25(26(40)41)18-22-8-10-23(11-9-22)44-15-14-39(27(42)38-24-17-20(3)19(2)16-21(24)4)13-7-6-12-28(31,32)29(33,34)30(35,36)37/h8-11,16-17,25H,5-7,12-15,18H2,1-4H3,(H,38,42)(H,40,41). The van der Waals surface area contributed by atoms with Crippen LogP contribution in [0.4, 0.5) is 41.2 Å². The van der Waals surface area contributed by atoms with Gasteiger partial charge in [0.1, 0.15) is 12.4 Å². The number of carbonyl (C=O) groups excluding carboxylic acids is 1. The van der Waals surface area contributed by atoms with Gasteiger partial charge in [-0.2, -0.15) is 30.7 Å². The predicted octanol–water partition coefficient (Wildman–Crippen LogP) is 7.56.